The molecule has 0 saturated carbocycles. The SMILES string of the molecule is COc1ccc2c3c1O[C@H]1C(OC(=O)[C@H](C)OC(=O)CCNC(=O)[C@@H](N)Cc4ccccc4)=CC[C@@]4(O)[C@@H](C2)N(C)CC[C@]314. The van der Waals surface area contributed by atoms with Gasteiger partial charge in [0, 0.05) is 24.6 Å². The third-order valence-corrected chi connectivity index (χ3v) is 9.68. The molecule has 2 aliphatic carbocycles. The third-order valence-electron chi connectivity index (χ3n) is 9.68. The largest absolute Gasteiger partial charge is 0.493 e. The molecule has 0 radical (unpaired) electrons. The molecule has 1 saturated heterocycles. The van der Waals surface area contributed by atoms with Gasteiger partial charge in [0.25, 0.3) is 0 Å². The van der Waals surface area contributed by atoms with E-state index in [9.17, 15) is 19.5 Å². The molecule has 1 fully saturated rings. The van der Waals surface area contributed by atoms with E-state index in [4.69, 9.17) is 24.7 Å². The van der Waals surface area contributed by atoms with Gasteiger partial charge in [0.05, 0.1) is 30.6 Å². The first kappa shape index (κ1) is 30.1. The Kier molecular flexibility index (Phi) is 7.89. The van der Waals surface area contributed by atoms with Crippen molar-refractivity contribution < 1.29 is 38.4 Å². The Hall–Kier alpha value is -3.93. The highest BCUT2D eigenvalue weighted by atomic mass is 16.6. The number of rotatable bonds is 10. The van der Waals surface area contributed by atoms with E-state index < -0.39 is 41.2 Å². The molecule has 1 amide bonds. The second kappa shape index (κ2) is 11.5. The molecular formula is C33H39N3O8. The predicted octanol–water partition coefficient (Wildman–Crippen LogP) is 1.52. The summed E-state index contributed by atoms with van der Waals surface area (Å²) in [6.07, 6.45) is 1.56. The van der Waals surface area contributed by atoms with Gasteiger partial charge in [-0.15, -0.1) is 0 Å². The summed E-state index contributed by atoms with van der Waals surface area (Å²) in [4.78, 5) is 40.2. The van der Waals surface area contributed by atoms with Crippen LogP contribution in [0.3, 0.4) is 0 Å². The summed E-state index contributed by atoms with van der Waals surface area (Å²) in [5.41, 5.74) is 7.01. The maximum Gasteiger partial charge on any atom is 0.352 e. The highest BCUT2D eigenvalue weighted by Gasteiger charge is 2.72. The molecule has 11 nitrogen and oxygen atoms in total. The lowest BCUT2D eigenvalue weighted by Crippen LogP contribution is -2.74. The van der Waals surface area contributed by atoms with Crippen molar-refractivity contribution in [2.75, 3.05) is 27.2 Å². The minimum atomic E-state index is -1.21. The second-order valence-electron chi connectivity index (χ2n) is 12.2. The number of nitrogens with one attached hydrogen (secondary N) is 1. The summed E-state index contributed by atoms with van der Waals surface area (Å²) in [7, 11) is 3.60. The summed E-state index contributed by atoms with van der Waals surface area (Å²) < 4.78 is 23.3. The van der Waals surface area contributed by atoms with Gasteiger partial charge in [-0.05, 0) is 63.0 Å². The first-order valence-electron chi connectivity index (χ1n) is 15.1. The zero-order valence-electron chi connectivity index (χ0n) is 25.2. The summed E-state index contributed by atoms with van der Waals surface area (Å²) >= 11 is 0. The number of aliphatic hydroxyl groups is 1. The molecule has 0 unspecified atom stereocenters. The normalized spacial score (nSPS) is 27.6. The maximum atomic E-state index is 13.2. The van der Waals surface area contributed by atoms with Crippen LogP contribution in [0.2, 0.25) is 0 Å². The van der Waals surface area contributed by atoms with Crippen LogP contribution in [0.25, 0.3) is 0 Å². The van der Waals surface area contributed by atoms with Crippen LogP contribution in [-0.4, -0.2) is 85.0 Å². The topological polar surface area (TPSA) is 150 Å². The van der Waals surface area contributed by atoms with Crippen molar-refractivity contribution >= 4 is 17.8 Å². The number of esters is 2. The van der Waals surface area contributed by atoms with Crippen LogP contribution in [0, 0.1) is 0 Å². The Morgan fingerprint density at radius 2 is 1.98 bits per heavy atom. The lowest BCUT2D eigenvalue weighted by molar-refractivity contribution is -0.175. The van der Waals surface area contributed by atoms with Crippen molar-refractivity contribution in [3.05, 3.63) is 71.0 Å². The highest BCUT2D eigenvalue weighted by Crippen LogP contribution is 2.65. The number of methoxy groups -OCH3 is 1. The lowest BCUT2D eigenvalue weighted by atomic mass is 9.50. The van der Waals surface area contributed by atoms with E-state index in [1.165, 1.54) is 6.92 Å². The number of likely N-dealkylation sites (tertiary alicyclic amines) is 1. The lowest BCUT2D eigenvalue weighted by Gasteiger charge is -2.61. The number of hydrogen-bond acceptors (Lipinski definition) is 10. The molecular weight excluding hydrogens is 566 g/mol. The van der Waals surface area contributed by atoms with E-state index in [1.807, 2.05) is 49.5 Å². The standard InChI is InChI=1S/C33H39N3O8/c1-19(42-26(37)12-15-35-30(38)22(34)17-20-7-5-4-6-8-20)31(39)43-24-11-13-33(40)25-18-21-9-10-23(41-3)28-27(21)32(33,29(24)44-28)14-16-36(25)2/h4-11,19,22,25,29,40H,12-18,34H2,1-3H3,(H,35,38)/t19-,22-,25+,29-,32-,33+/m0/s1. The van der Waals surface area contributed by atoms with Crippen LogP contribution in [0.4, 0.5) is 0 Å². The molecule has 6 rings (SSSR count). The molecule has 0 aromatic heterocycles. The van der Waals surface area contributed by atoms with Crippen molar-refractivity contribution in [2.45, 2.75) is 74.3 Å². The van der Waals surface area contributed by atoms with Gasteiger partial charge in [0.15, 0.2) is 23.7 Å². The zero-order chi connectivity index (χ0) is 31.2. The minimum Gasteiger partial charge on any atom is -0.493 e. The van der Waals surface area contributed by atoms with E-state index >= 15 is 0 Å². The smallest absolute Gasteiger partial charge is 0.352 e. The number of amides is 1. The fraction of sp³-hybridized carbons (Fsp3) is 0.485. The van der Waals surface area contributed by atoms with Crippen molar-refractivity contribution in [1.82, 2.24) is 10.2 Å². The molecule has 2 bridgehead atoms. The number of nitrogens with zero attached hydrogens (tertiary/aromatic N) is 1. The Labute approximate surface area is 256 Å². The first-order valence-corrected chi connectivity index (χ1v) is 15.1. The van der Waals surface area contributed by atoms with Crippen molar-refractivity contribution in [1.29, 1.82) is 0 Å². The molecule has 2 aromatic carbocycles. The molecule has 4 aliphatic rings. The fourth-order valence-corrected chi connectivity index (χ4v) is 7.47. The Morgan fingerprint density at radius 3 is 2.73 bits per heavy atom. The number of nitrogens with two attached hydrogens (primary N) is 1. The van der Waals surface area contributed by atoms with Gasteiger partial charge in [-0.25, -0.2) is 4.79 Å². The van der Waals surface area contributed by atoms with E-state index in [-0.39, 0.29) is 37.1 Å². The van der Waals surface area contributed by atoms with Crippen molar-refractivity contribution in [3.8, 4) is 11.5 Å². The zero-order valence-corrected chi connectivity index (χ0v) is 25.2. The van der Waals surface area contributed by atoms with E-state index in [0.717, 1.165) is 23.2 Å². The van der Waals surface area contributed by atoms with Crippen LogP contribution < -0.4 is 20.5 Å². The summed E-state index contributed by atoms with van der Waals surface area (Å²) in [6, 6.07) is 12.4. The van der Waals surface area contributed by atoms with Crippen molar-refractivity contribution in [2.24, 2.45) is 5.73 Å². The predicted molar refractivity (Wildman–Crippen MR) is 159 cm³/mol. The second-order valence-corrected chi connectivity index (χ2v) is 12.2. The molecule has 6 atom stereocenters. The van der Waals surface area contributed by atoms with Gasteiger partial charge in [-0.2, -0.15) is 0 Å². The molecule has 4 N–H and O–H groups in total. The Bertz CT molecular complexity index is 1500. The van der Waals surface area contributed by atoms with Crippen LogP contribution >= 0.6 is 0 Å². The fourth-order valence-electron chi connectivity index (χ4n) is 7.47. The van der Waals surface area contributed by atoms with Gasteiger partial charge in [0.2, 0.25) is 5.91 Å². The van der Waals surface area contributed by atoms with Crippen LogP contribution in [0.5, 0.6) is 11.5 Å². The van der Waals surface area contributed by atoms with Crippen LogP contribution in [0.1, 0.15) is 42.9 Å². The highest BCUT2D eigenvalue weighted by molar-refractivity contribution is 5.83. The first-order chi connectivity index (χ1) is 21.1. The molecule has 2 aromatic rings. The quantitative estimate of drug-likeness (QED) is 0.340. The number of likely N-dealkylation sites (N-methyl/N-ethyl adjacent to an activating group) is 1. The average molecular weight is 606 g/mol. The minimum absolute atomic E-state index is 0.0160. The number of carbonyl (C=O) groups is 3. The monoisotopic (exact) mass is 605 g/mol. The average Bonchev–Trinajstić information content (AvgIpc) is 3.36. The number of ether oxygens (including phenoxy) is 4. The summed E-state index contributed by atoms with van der Waals surface area (Å²) in [5.74, 6) is -0.377. The maximum absolute atomic E-state index is 13.2. The summed E-state index contributed by atoms with van der Waals surface area (Å²) in [5, 5.41) is 14.9. The number of piperidine rings is 1. The van der Waals surface area contributed by atoms with Gasteiger partial charge in [-0.3, -0.25) is 9.59 Å². The Balaban J connectivity index is 1.09. The number of hydrogen-bond donors (Lipinski definition) is 3. The van der Waals surface area contributed by atoms with Crippen LogP contribution in [0.15, 0.2) is 54.3 Å². The van der Waals surface area contributed by atoms with Gasteiger partial charge in [0.1, 0.15) is 5.76 Å². The van der Waals surface area contributed by atoms with E-state index in [2.05, 4.69) is 10.2 Å². The molecule has 44 heavy (non-hydrogen) atoms. The summed E-state index contributed by atoms with van der Waals surface area (Å²) in [6.45, 7) is 2.19. The van der Waals surface area contributed by atoms with E-state index in [1.54, 1.807) is 13.2 Å². The number of benzene rings is 2. The number of carbonyl (C=O) groups excluding carboxylic acids is 3. The molecule has 1 spiro atoms. The van der Waals surface area contributed by atoms with Crippen LogP contribution in [-0.2, 0) is 42.1 Å². The molecule has 2 aliphatic heterocycles. The molecule has 11 heteroatoms. The van der Waals surface area contributed by atoms with Gasteiger partial charge < -0.3 is 40.0 Å². The molecule has 234 valence electrons. The molecule has 2 heterocycles. The van der Waals surface area contributed by atoms with E-state index in [0.29, 0.717) is 30.8 Å². The Morgan fingerprint density at radius 1 is 1.20 bits per heavy atom. The van der Waals surface area contributed by atoms with Gasteiger partial charge in [-0.1, -0.05) is 36.4 Å². The third kappa shape index (κ3) is 4.83. The van der Waals surface area contributed by atoms with Crippen molar-refractivity contribution in [3.63, 3.8) is 0 Å². The van der Waals surface area contributed by atoms with Gasteiger partial charge >= 0.3 is 11.9 Å².